The zero-order chi connectivity index (χ0) is 13.9. The van der Waals surface area contributed by atoms with Crippen molar-refractivity contribution >= 4 is 17.3 Å². The van der Waals surface area contributed by atoms with Crippen molar-refractivity contribution in [2.45, 2.75) is 19.0 Å². The lowest BCUT2D eigenvalue weighted by Crippen LogP contribution is -2.21. The lowest BCUT2D eigenvalue weighted by molar-refractivity contribution is -0.136. The first-order valence-corrected chi connectivity index (χ1v) is 7.28. The molecule has 0 radical (unpaired) electrons. The van der Waals surface area contributed by atoms with E-state index >= 15 is 0 Å². The number of carboxylic acid groups (broad SMARTS) is 1. The van der Waals surface area contributed by atoms with Crippen LogP contribution in [0.2, 0.25) is 0 Å². The SMILES string of the molecule is O=C(O)Cc1ccc(CNC2COc3ccccc32)s1. The van der Waals surface area contributed by atoms with Gasteiger partial charge < -0.3 is 15.2 Å². The largest absolute Gasteiger partial charge is 0.491 e. The summed E-state index contributed by atoms with van der Waals surface area (Å²) in [4.78, 5) is 12.7. The summed E-state index contributed by atoms with van der Waals surface area (Å²) >= 11 is 1.54. The van der Waals surface area contributed by atoms with E-state index in [1.165, 1.54) is 5.56 Å². The van der Waals surface area contributed by atoms with Crippen LogP contribution in [0.25, 0.3) is 0 Å². The molecule has 20 heavy (non-hydrogen) atoms. The molecule has 0 aliphatic carbocycles. The van der Waals surface area contributed by atoms with E-state index in [0.29, 0.717) is 6.61 Å². The van der Waals surface area contributed by atoms with E-state index in [-0.39, 0.29) is 12.5 Å². The van der Waals surface area contributed by atoms with Crippen LogP contribution in [0.5, 0.6) is 5.75 Å². The molecule has 4 nitrogen and oxygen atoms in total. The average Bonchev–Trinajstić information content (AvgIpc) is 3.02. The van der Waals surface area contributed by atoms with Gasteiger partial charge in [0.25, 0.3) is 0 Å². The minimum Gasteiger partial charge on any atom is -0.491 e. The smallest absolute Gasteiger partial charge is 0.308 e. The third-order valence-electron chi connectivity index (χ3n) is 3.27. The number of fused-ring (bicyclic) bond motifs is 1. The van der Waals surface area contributed by atoms with Crippen molar-refractivity contribution in [3.8, 4) is 5.75 Å². The van der Waals surface area contributed by atoms with Gasteiger partial charge in [0.2, 0.25) is 0 Å². The summed E-state index contributed by atoms with van der Waals surface area (Å²) in [7, 11) is 0. The molecule has 2 N–H and O–H groups in total. The van der Waals surface area contributed by atoms with Crippen LogP contribution in [0.1, 0.15) is 21.4 Å². The van der Waals surface area contributed by atoms with E-state index in [2.05, 4.69) is 11.4 Å². The van der Waals surface area contributed by atoms with Crippen molar-refractivity contribution in [3.05, 3.63) is 51.7 Å². The molecule has 1 aromatic carbocycles. The summed E-state index contributed by atoms with van der Waals surface area (Å²) in [5.41, 5.74) is 1.19. The summed E-state index contributed by atoms with van der Waals surface area (Å²) in [6.07, 6.45) is 0.0973. The zero-order valence-electron chi connectivity index (χ0n) is 10.8. The van der Waals surface area contributed by atoms with Crippen LogP contribution in [-0.4, -0.2) is 17.7 Å². The summed E-state index contributed by atoms with van der Waals surface area (Å²) in [5, 5.41) is 12.2. The second kappa shape index (κ2) is 5.64. The number of carbonyl (C=O) groups is 1. The molecule has 2 aromatic rings. The molecule has 2 heterocycles. The number of nitrogens with one attached hydrogen (secondary N) is 1. The van der Waals surface area contributed by atoms with Crippen LogP contribution >= 0.6 is 11.3 Å². The fourth-order valence-corrected chi connectivity index (χ4v) is 3.28. The van der Waals surface area contributed by atoms with Gasteiger partial charge in [-0.25, -0.2) is 0 Å². The first-order valence-electron chi connectivity index (χ1n) is 6.47. The second-order valence-electron chi connectivity index (χ2n) is 4.72. The highest BCUT2D eigenvalue weighted by Crippen LogP contribution is 2.32. The molecule has 1 aliphatic rings. The molecule has 5 heteroatoms. The molecule has 3 rings (SSSR count). The van der Waals surface area contributed by atoms with Gasteiger partial charge in [-0.1, -0.05) is 18.2 Å². The minimum atomic E-state index is -0.788. The van der Waals surface area contributed by atoms with Gasteiger partial charge in [-0.15, -0.1) is 11.3 Å². The van der Waals surface area contributed by atoms with E-state index in [1.807, 2.05) is 30.3 Å². The molecular formula is C15H15NO3S. The Morgan fingerprint density at radius 2 is 2.10 bits per heavy atom. The van der Waals surface area contributed by atoms with Crippen molar-refractivity contribution < 1.29 is 14.6 Å². The molecule has 0 saturated heterocycles. The highest BCUT2D eigenvalue weighted by atomic mass is 32.1. The van der Waals surface area contributed by atoms with Crippen molar-refractivity contribution in [2.75, 3.05) is 6.61 Å². The number of hydrogen-bond acceptors (Lipinski definition) is 4. The van der Waals surface area contributed by atoms with Crippen molar-refractivity contribution in [1.82, 2.24) is 5.32 Å². The topological polar surface area (TPSA) is 58.6 Å². The Labute approximate surface area is 121 Å². The molecule has 1 aromatic heterocycles. The van der Waals surface area contributed by atoms with Crippen LogP contribution in [0.15, 0.2) is 36.4 Å². The van der Waals surface area contributed by atoms with Gasteiger partial charge in [0.05, 0.1) is 12.5 Å². The predicted molar refractivity (Wildman–Crippen MR) is 77.2 cm³/mol. The summed E-state index contributed by atoms with van der Waals surface area (Å²) in [6.45, 7) is 1.37. The fourth-order valence-electron chi connectivity index (χ4n) is 2.32. The van der Waals surface area contributed by atoms with Crippen LogP contribution < -0.4 is 10.1 Å². The second-order valence-corrected chi connectivity index (χ2v) is 5.97. The number of carboxylic acids is 1. The van der Waals surface area contributed by atoms with E-state index in [9.17, 15) is 4.79 Å². The predicted octanol–water partition coefficient (Wildman–Crippen LogP) is 2.60. The quantitative estimate of drug-likeness (QED) is 0.888. The van der Waals surface area contributed by atoms with Gasteiger partial charge in [-0.2, -0.15) is 0 Å². The van der Waals surface area contributed by atoms with Crippen LogP contribution in [0, 0.1) is 0 Å². The maximum absolute atomic E-state index is 10.7. The Balaban J connectivity index is 1.60. The van der Waals surface area contributed by atoms with E-state index in [4.69, 9.17) is 9.84 Å². The summed E-state index contributed by atoms with van der Waals surface area (Å²) in [5.74, 6) is 0.159. The van der Waals surface area contributed by atoms with Gasteiger partial charge in [-0.3, -0.25) is 4.79 Å². The Morgan fingerprint density at radius 1 is 1.30 bits per heavy atom. The molecule has 0 spiro atoms. The fraction of sp³-hybridized carbons (Fsp3) is 0.267. The Bertz CT molecular complexity index is 623. The van der Waals surface area contributed by atoms with Gasteiger partial charge in [0, 0.05) is 21.9 Å². The Kier molecular flexibility index (Phi) is 3.71. The first kappa shape index (κ1) is 13.1. The third kappa shape index (κ3) is 2.84. The van der Waals surface area contributed by atoms with Crippen molar-refractivity contribution in [3.63, 3.8) is 0 Å². The molecular weight excluding hydrogens is 274 g/mol. The average molecular weight is 289 g/mol. The van der Waals surface area contributed by atoms with Gasteiger partial charge in [0.15, 0.2) is 0 Å². The van der Waals surface area contributed by atoms with Gasteiger partial charge in [-0.05, 0) is 18.2 Å². The van der Waals surface area contributed by atoms with Gasteiger partial charge >= 0.3 is 5.97 Å². The number of para-hydroxylation sites is 1. The number of rotatable bonds is 5. The lowest BCUT2D eigenvalue weighted by Gasteiger charge is -2.10. The highest BCUT2D eigenvalue weighted by molar-refractivity contribution is 7.12. The molecule has 1 unspecified atom stereocenters. The van der Waals surface area contributed by atoms with E-state index in [1.54, 1.807) is 11.3 Å². The van der Waals surface area contributed by atoms with E-state index < -0.39 is 5.97 Å². The third-order valence-corrected chi connectivity index (χ3v) is 4.35. The zero-order valence-corrected chi connectivity index (χ0v) is 11.7. The molecule has 0 fully saturated rings. The van der Waals surface area contributed by atoms with Crippen LogP contribution in [0.3, 0.4) is 0 Å². The molecule has 1 atom stereocenters. The molecule has 104 valence electrons. The lowest BCUT2D eigenvalue weighted by atomic mass is 10.1. The maximum Gasteiger partial charge on any atom is 0.308 e. The number of aliphatic carboxylic acids is 1. The number of benzene rings is 1. The standard InChI is InChI=1S/C15H15NO3S/c17-15(18)7-10-5-6-11(20-10)8-16-13-9-19-14-4-2-1-3-12(13)14/h1-6,13,16H,7-9H2,(H,17,18). The minimum absolute atomic E-state index is 0.0973. The number of ether oxygens (including phenoxy) is 1. The van der Waals surface area contributed by atoms with Crippen LogP contribution in [0.4, 0.5) is 0 Å². The Morgan fingerprint density at radius 3 is 2.95 bits per heavy atom. The summed E-state index contributed by atoms with van der Waals surface area (Å²) < 4.78 is 5.62. The Hall–Kier alpha value is -1.85. The number of thiophene rings is 1. The van der Waals surface area contributed by atoms with Gasteiger partial charge in [0.1, 0.15) is 12.4 Å². The molecule has 0 bridgehead atoms. The normalized spacial score (nSPS) is 16.7. The van der Waals surface area contributed by atoms with E-state index in [0.717, 1.165) is 22.0 Å². The molecule has 0 amide bonds. The van der Waals surface area contributed by atoms with Crippen LogP contribution in [-0.2, 0) is 17.8 Å². The number of hydrogen-bond donors (Lipinski definition) is 2. The van der Waals surface area contributed by atoms with Crippen molar-refractivity contribution in [1.29, 1.82) is 0 Å². The maximum atomic E-state index is 10.7. The monoisotopic (exact) mass is 289 g/mol. The highest BCUT2D eigenvalue weighted by Gasteiger charge is 2.22. The molecule has 0 saturated carbocycles. The molecule has 1 aliphatic heterocycles. The first-order chi connectivity index (χ1) is 9.72. The summed E-state index contributed by atoms with van der Waals surface area (Å²) in [6, 6.07) is 12.1. The van der Waals surface area contributed by atoms with Crippen molar-refractivity contribution in [2.24, 2.45) is 0 Å².